The van der Waals surface area contributed by atoms with E-state index >= 15 is 0 Å². The third-order valence-electron chi connectivity index (χ3n) is 6.14. The molecule has 42 heavy (non-hydrogen) atoms. The van der Waals surface area contributed by atoms with E-state index in [1.54, 1.807) is 49.4 Å². The largest absolute Gasteiger partial charge is 0.540 e. The van der Waals surface area contributed by atoms with Crippen LogP contribution in [0, 0.1) is 0 Å². The first-order valence-corrected chi connectivity index (χ1v) is 18.1. The van der Waals surface area contributed by atoms with E-state index in [9.17, 15) is 14.2 Å². The number of benzene rings is 2. The number of nitrogens with zero attached hydrogens (tertiary/aromatic N) is 3. The molecule has 0 amide bonds. The van der Waals surface area contributed by atoms with Crippen LogP contribution >= 0.6 is 22.3 Å². The molecule has 0 aromatic heterocycles. The minimum Gasteiger partial charge on any atom is -0.497 e. The normalized spacial score (nSPS) is 14.2. The number of aliphatic hydroxyl groups excluding tert-OH is 1. The van der Waals surface area contributed by atoms with Crippen LogP contribution in [0.2, 0.25) is 0 Å². The second-order valence-electron chi connectivity index (χ2n) is 8.70. The summed E-state index contributed by atoms with van der Waals surface area (Å²) in [6.07, 6.45) is -0.106. The highest BCUT2D eigenvalue weighted by Gasteiger charge is 2.38. The fourth-order valence-electron chi connectivity index (χ4n) is 3.61. The van der Waals surface area contributed by atoms with Crippen molar-refractivity contribution in [2.24, 2.45) is 5.10 Å². The van der Waals surface area contributed by atoms with Crippen molar-refractivity contribution in [3.63, 3.8) is 0 Å². The van der Waals surface area contributed by atoms with Gasteiger partial charge < -0.3 is 32.7 Å². The molecule has 0 fully saturated rings. The van der Waals surface area contributed by atoms with Crippen LogP contribution < -0.4 is 9.26 Å². The summed E-state index contributed by atoms with van der Waals surface area (Å²) >= 11 is 5.51. The van der Waals surface area contributed by atoms with Crippen molar-refractivity contribution < 1.29 is 46.3 Å². The van der Waals surface area contributed by atoms with Gasteiger partial charge in [-0.2, -0.15) is 0 Å². The number of aliphatic hydroxyl groups is 1. The third-order valence-corrected chi connectivity index (χ3v) is 11.7. The summed E-state index contributed by atoms with van der Waals surface area (Å²) in [6.45, 7) is 0. The number of methoxy groups -OCH3 is 2. The molecule has 0 saturated carbocycles. The molecule has 17 heteroatoms. The SMILES string of the molecule is COc1ccc(/C=N/N(C)[P+](=S)Oc2ccc(CC(C(O)OC)N(CP(=O)(OC)OC)CP(=O)(OC)OC)cc2)cc1. The molecule has 0 radical (unpaired) electrons. The van der Waals surface area contributed by atoms with E-state index < -0.39 is 34.6 Å². The summed E-state index contributed by atoms with van der Waals surface area (Å²) in [4.78, 5) is 1.46. The van der Waals surface area contributed by atoms with E-state index in [1.165, 1.54) is 40.4 Å². The Kier molecular flexibility index (Phi) is 15.2. The number of hydrogen-bond donors (Lipinski definition) is 1. The minimum atomic E-state index is -3.64. The lowest BCUT2D eigenvalue weighted by molar-refractivity contribution is -0.121. The lowest BCUT2D eigenvalue weighted by Crippen LogP contribution is -2.47. The number of hydrazone groups is 1. The van der Waals surface area contributed by atoms with Crippen LogP contribution in [0.15, 0.2) is 53.6 Å². The summed E-state index contributed by atoms with van der Waals surface area (Å²) < 4.78 is 64.3. The molecule has 3 unspecified atom stereocenters. The van der Waals surface area contributed by atoms with Gasteiger partial charge in [0.15, 0.2) is 12.0 Å². The van der Waals surface area contributed by atoms with Gasteiger partial charge in [0.1, 0.15) is 18.3 Å². The van der Waals surface area contributed by atoms with E-state index in [0.29, 0.717) is 5.75 Å². The second-order valence-corrected chi connectivity index (χ2v) is 15.3. The Morgan fingerprint density at radius 3 is 1.83 bits per heavy atom. The topological polar surface area (TPSA) is 138 Å². The maximum absolute atomic E-state index is 13.0. The smallest absolute Gasteiger partial charge is 0.497 e. The fourth-order valence-corrected chi connectivity index (χ4v) is 6.97. The molecular formula is C25H39N3O10P3S+. The van der Waals surface area contributed by atoms with Crippen molar-refractivity contribution in [2.75, 3.05) is 62.3 Å². The molecule has 1 N–H and O–H groups in total. The van der Waals surface area contributed by atoms with Crippen molar-refractivity contribution in [3.8, 4) is 11.5 Å². The molecular weight excluding hydrogens is 627 g/mol. The Hall–Kier alpha value is -1.79. The Balaban J connectivity index is 2.19. The zero-order valence-electron chi connectivity index (χ0n) is 24.7. The molecule has 0 aliphatic carbocycles. The zero-order valence-corrected chi connectivity index (χ0v) is 28.2. The van der Waals surface area contributed by atoms with Crippen molar-refractivity contribution >= 4 is 40.3 Å². The summed E-state index contributed by atoms with van der Waals surface area (Å²) in [5.41, 5.74) is 1.65. The monoisotopic (exact) mass is 666 g/mol. The Labute approximate surface area is 253 Å². The van der Waals surface area contributed by atoms with E-state index in [1.807, 2.05) is 24.3 Å². The number of rotatable bonds is 19. The molecule has 2 aromatic rings. The second kappa shape index (κ2) is 17.5. The highest BCUT2D eigenvalue weighted by Crippen LogP contribution is 2.52. The van der Waals surface area contributed by atoms with Crippen LogP contribution in [-0.2, 0) is 50.2 Å². The van der Waals surface area contributed by atoms with Gasteiger partial charge in [-0.15, -0.1) is 5.10 Å². The molecule has 2 aromatic carbocycles. The lowest BCUT2D eigenvalue weighted by Gasteiger charge is -2.36. The Morgan fingerprint density at radius 2 is 1.38 bits per heavy atom. The van der Waals surface area contributed by atoms with Crippen molar-refractivity contribution in [3.05, 3.63) is 59.7 Å². The van der Waals surface area contributed by atoms with E-state index in [4.69, 9.17) is 43.9 Å². The molecule has 2 rings (SSSR count). The third kappa shape index (κ3) is 11.0. The van der Waals surface area contributed by atoms with E-state index in [2.05, 4.69) is 5.10 Å². The molecule has 0 heterocycles. The van der Waals surface area contributed by atoms with Crippen LogP contribution in [0.25, 0.3) is 0 Å². The molecule has 0 spiro atoms. The van der Waals surface area contributed by atoms with Gasteiger partial charge in [-0.1, -0.05) is 16.9 Å². The maximum atomic E-state index is 13.0. The fraction of sp³-hybridized carbons (Fsp3) is 0.480. The molecule has 13 nitrogen and oxygen atoms in total. The Morgan fingerprint density at radius 1 is 0.881 bits per heavy atom. The first-order chi connectivity index (χ1) is 19.9. The number of ether oxygens (including phenoxy) is 2. The van der Waals surface area contributed by atoms with Gasteiger partial charge in [0.2, 0.25) is 11.8 Å². The van der Waals surface area contributed by atoms with Gasteiger partial charge in [-0.25, -0.2) is 0 Å². The standard InChI is InChI=1S/C25H39N3O10P3S/c1-27(26-17-21-10-12-22(32-2)13-11-21)39(42)38-23-14-8-20(9-15-23)16-24(25(29)33-3)28(18-40(30,34-4)35-5)19-41(31,36-6)37-7/h8-15,17,24-25,29H,16,18-19H2,1-7H3/q+1/b26-17+. The van der Waals surface area contributed by atoms with Crippen LogP contribution in [0.5, 0.6) is 11.5 Å². The molecule has 0 aliphatic heterocycles. The number of hydrogen-bond acceptors (Lipinski definition) is 13. The van der Waals surface area contributed by atoms with Crippen LogP contribution in [-0.4, -0.2) is 95.6 Å². The predicted molar refractivity (Wildman–Crippen MR) is 165 cm³/mol. The predicted octanol–water partition coefficient (Wildman–Crippen LogP) is 4.88. The van der Waals surface area contributed by atoms with Gasteiger partial charge in [0.25, 0.3) is 0 Å². The van der Waals surface area contributed by atoms with Gasteiger partial charge in [-0.3, -0.25) is 18.6 Å². The van der Waals surface area contributed by atoms with Gasteiger partial charge in [0, 0.05) is 35.5 Å². The lowest BCUT2D eigenvalue weighted by atomic mass is 10.0. The highest BCUT2D eigenvalue weighted by atomic mass is 32.4. The minimum absolute atomic E-state index is 0.199. The Bertz CT molecular complexity index is 1210. The van der Waals surface area contributed by atoms with Crippen molar-refractivity contribution in [1.29, 1.82) is 0 Å². The van der Waals surface area contributed by atoms with Crippen LogP contribution in [0.3, 0.4) is 0 Å². The summed E-state index contributed by atoms with van der Waals surface area (Å²) in [7, 11) is 0.842. The summed E-state index contributed by atoms with van der Waals surface area (Å²) in [5.74, 6) is 1.28. The summed E-state index contributed by atoms with van der Waals surface area (Å²) in [6, 6.07) is 13.7. The molecule has 3 atom stereocenters. The van der Waals surface area contributed by atoms with E-state index in [-0.39, 0.29) is 19.0 Å². The molecule has 0 saturated heterocycles. The first-order valence-electron chi connectivity index (χ1n) is 12.5. The zero-order chi connectivity index (χ0) is 31.3. The van der Waals surface area contributed by atoms with Gasteiger partial charge in [-0.05, 0) is 53.9 Å². The highest BCUT2D eigenvalue weighted by molar-refractivity contribution is 8.02. The maximum Gasteiger partial charge on any atom is 0.540 e. The van der Waals surface area contributed by atoms with Crippen molar-refractivity contribution in [2.45, 2.75) is 18.8 Å². The molecule has 234 valence electrons. The molecule has 0 aliphatic rings. The van der Waals surface area contributed by atoms with Gasteiger partial charge in [0.05, 0.1) is 26.4 Å². The van der Waals surface area contributed by atoms with Crippen molar-refractivity contribution in [1.82, 2.24) is 9.68 Å². The average Bonchev–Trinajstić information content (AvgIpc) is 3.02. The summed E-state index contributed by atoms with van der Waals surface area (Å²) in [5, 5.41) is 15.1. The first kappa shape index (κ1) is 36.4. The van der Waals surface area contributed by atoms with Gasteiger partial charge >= 0.3 is 22.3 Å². The van der Waals surface area contributed by atoms with E-state index in [0.717, 1.165) is 16.9 Å². The molecule has 0 bridgehead atoms. The quantitative estimate of drug-likeness (QED) is 0.0945. The van der Waals surface area contributed by atoms with Crippen LogP contribution in [0.1, 0.15) is 11.1 Å². The average molecular weight is 667 g/mol. The van der Waals surface area contributed by atoms with Crippen LogP contribution in [0.4, 0.5) is 0 Å².